The highest BCUT2D eigenvalue weighted by Crippen LogP contribution is 2.03. The lowest BCUT2D eigenvalue weighted by atomic mass is 10.1. The Balaban J connectivity index is 2.55. The van der Waals surface area contributed by atoms with E-state index in [0.717, 1.165) is 12.8 Å². The minimum atomic E-state index is 0.983. The maximum atomic E-state index is 3.15. The molecule has 0 unspecified atom stereocenters. The highest BCUT2D eigenvalue weighted by molar-refractivity contribution is 5.22. The Hall–Kier alpha value is -1.26. The fourth-order valence-electron chi connectivity index (χ4n) is 1.10. The molecule has 0 radical (unpaired) electrons. The molecule has 0 spiro atoms. The zero-order valence-electron chi connectivity index (χ0n) is 8.38. The molecule has 0 heterocycles. The van der Waals surface area contributed by atoms with Crippen LogP contribution in [0.5, 0.6) is 0 Å². The van der Waals surface area contributed by atoms with Crippen LogP contribution in [0.1, 0.15) is 24.5 Å². The van der Waals surface area contributed by atoms with Crippen LogP contribution < -0.4 is 0 Å². The monoisotopic (exact) mass is 172 g/mol. The summed E-state index contributed by atoms with van der Waals surface area (Å²) in [6.45, 7) is 4.23. The Kier molecular flexibility index (Phi) is 4.08. The van der Waals surface area contributed by atoms with Crippen molar-refractivity contribution in [2.75, 3.05) is 0 Å². The summed E-state index contributed by atoms with van der Waals surface area (Å²) < 4.78 is 0. The molecule has 1 aromatic rings. The van der Waals surface area contributed by atoms with Gasteiger partial charge in [-0.3, -0.25) is 0 Å². The predicted molar refractivity (Wildman–Crippen MR) is 57.8 cm³/mol. The molecule has 0 heteroatoms. The van der Waals surface area contributed by atoms with Gasteiger partial charge in [0.25, 0.3) is 0 Å². The number of aryl methyl sites for hydroxylation is 1. The molecule has 0 amide bonds. The molecule has 0 aliphatic carbocycles. The Labute approximate surface area is 80.6 Å². The van der Waals surface area contributed by atoms with E-state index >= 15 is 0 Å². The first-order valence-corrected chi connectivity index (χ1v) is 4.78. The Morgan fingerprint density at radius 2 is 1.85 bits per heavy atom. The zero-order chi connectivity index (χ0) is 9.52. The second-order valence-electron chi connectivity index (χ2n) is 3.17. The van der Waals surface area contributed by atoms with E-state index in [2.05, 4.69) is 49.9 Å². The first kappa shape index (κ1) is 9.83. The van der Waals surface area contributed by atoms with Gasteiger partial charge in [0.2, 0.25) is 0 Å². The van der Waals surface area contributed by atoms with Crippen molar-refractivity contribution >= 4 is 0 Å². The van der Waals surface area contributed by atoms with Crippen molar-refractivity contribution in [3.63, 3.8) is 0 Å². The van der Waals surface area contributed by atoms with E-state index in [1.165, 1.54) is 11.1 Å². The highest BCUT2D eigenvalue weighted by Gasteiger charge is 1.87. The lowest BCUT2D eigenvalue weighted by Crippen LogP contribution is -1.79. The van der Waals surface area contributed by atoms with Gasteiger partial charge in [-0.2, -0.15) is 0 Å². The van der Waals surface area contributed by atoms with Crippen molar-refractivity contribution in [2.45, 2.75) is 26.7 Å². The van der Waals surface area contributed by atoms with Gasteiger partial charge in [0.15, 0.2) is 0 Å². The summed E-state index contributed by atoms with van der Waals surface area (Å²) in [6.07, 6.45) is 6.17. The van der Waals surface area contributed by atoms with Gasteiger partial charge in [-0.15, -0.1) is 5.73 Å². The molecule has 0 saturated carbocycles. The first-order chi connectivity index (χ1) is 6.33. The number of hydrogen-bond acceptors (Lipinski definition) is 0. The third-order valence-electron chi connectivity index (χ3n) is 1.90. The van der Waals surface area contributed by atoms with Crippen LogP contribution in [0.2, 0.25) is 0 Å². The van der Waals surface area contributed by atoms with Crippen LogP contribution in [-0.2, 0) is 6.42 Å². The van der Waals surface area contributed by atoms with Crippen molar-refractivity contribution in [1.29, 1.82) is 0 Å². The molecule has 1 aromatic carbocycles. The second-order valence-corrected chi connectivity index (χ2v) is 3.17. The third kappa shape index (κ3) is 3.78. The van der Waals surface area contributed by atoms with Crippen molar-refractivity contribution < 1.29 is 0 Å². The highest BCUT2D eigenvalue weighted by atomic mass is 13.9. The molecule has 1 rings (SSSR count). The molecule has 0 fully saturated rings. The van der Waals surface area contributed by atoms with Crippen LogP contribution in [0, 0.1) is 6.92 Å². The Morgan fingerprint density at radius 3 is 2.46 bits per heavy atom. The number of allylic oxidation sites excluding steroid dienone is 1. The molecule has 0 aliphatic heterocycles. The van der Waals surface area contributed by atoms with Gasteiger partial charge in [0, 0.05) is 0 Å². The predicted octanol–water partition coefficient (Wildman–Crippen LogP) is 3.66. The van der Waals surface area contributed by atoms with Gasteiger partial charge in [-0.25, -0.2) is 0 Å². The summed E-state index contributed by atoms with van der Waals surface area (Å²) in [6, 6.07) is 8.62. The van der Waals surface area contributed by atoms with E-state index < -0.39 is 0 Å². The minimum absolute atomic E-state index is 0.983. The van der Waals surface area contributed by atoms with Gasteiger partial charge < -0.3 is 0 Å². The molecular weight excluding hydrogens is 156 g/mol. The number of benzene rings is 1. The molecule has 0 saturated heterocycles. The summed E-state index contributed by atoms with van der Waals surface area (Å²) in [4.78, 5) is 0. The van der Waals surface area contributed by atoms with Crippen LogP contribution in [0.25, 0.3) is 0 Å². The molecule has 0 N–H and O–H groups in total. The smallest absolute Gasteiger partial charge is 0.00214 e. The van der Waals surface area contributed by atoms with Gasteiger partial charge >= 0.3 is 0 Å². The van der Waals surface area contributed by atoms with Crippen molar-refractivity contribution in [3.8, 4) is 0 Å². The molecule has 0 atom stereocenters. The molecular formula is C13H16. The second kappa shape index (κ2) is 5.40. The largest absolute Gasteiger partial charge is 0.129 e. The maximum Gasteiger partial charge on any atom is -0.00214 e. The first-order valence-electron chi connectivity index (χ1n) is 4.78. The number of rotatable bonds is 3. The quantitative estimate of drug-likeness (QED) is 0.610. The molecule has 13 heavy (non-hydrogen) atoms. The van der Waals surface area contributed by atoms with Gasteiger partial charge in [-0.1, -0.05) is 36.8 Å². The minimum Gasteiger partial charge on any atom is -0.129 e. The lowest BCUT2D eigenvalue weighted by molar-refractivity contribution is 1.22. The van der Waals surface area contributed by atoms with E-state index in [0.29, 0.717) is 0 Å². The fourth-order valence-corrected chi connectivity index (χ4v) is 1.10. The normalized spacial score (nSPS) is 9.08. The van der Waals surface area contributed by atoms with Crippen LogP contribution in [0.3, 0.4) is 0 Å². The van der Waals surface area contributed by atoms with Gasteiger partial charge in [-0.05, 0) is 37.5 Å². The average Bonchev–Trinajstić information content (AvgIpc) is 2.15. The van der Waals surface area contributed by atoms with E-state index in [1.54, 1.807) is 0 Å². The molecule has 0 nitrogen and oxygen atoms in total. The fraction of sp³-hybridized carbons (Fsp3) is 0.308. The van der Waals surface area contributed by atoms with E-state index in [-0.39, 0.29) is 0 Å². The SMILES string of the molecule is CCC=C=CCc1ccc(C)cc1. The number of hydrogen-bond donors (Lipinski definition) is 0. The molecule has 0 aliphatic rings. The van der Waals surface area contributed by atoms with Crippen molar-refractivity contribution in [3.05, 3.63) is 53.3 Å². The molecule has 0 aromatic heterocycles. The standard InChI is InChI=1S/C13H16/c1-3-4-5-6-7-13-10-8-12(2)9-11-13/h4,6,8-11H,3,7H2,1-2H3. The summed E-state index contributed by atoms with van der Waals surface area (Å²) in [7, 11) is 0. The summed E-state index contributed by atoms with van der Waals surface area (Å²) in [5, 5.41) is 0. The zero-order valence-corrected chi connectivity index (χ0v) is 8.38. The Bertz CT molecular complexity index is 297. The maximum absolute atomic E-state index is 3.15. The van der Waals surface area contributed by atoms with Gasteiger partial charge in [0.05, 0.1) is 0 Å². The van der Waals surface area contributed by atoms with Crippen LogP contribution in [0.15, 0.2) is 42.1 Å². The van der Waals surface area contributed by atoms with Crippen molar-refractivity contribution in [1.82, 2.24) is 0 Å². The van der Waals surface area contributed by atoms with Crippen molar-refractivity contribution in [2.24, 2.45) is 0 Å². The summed E-state index contributed by atoms with van der Waals surface area (Å²) >= 11 is 0. The average molecular weight is 172 g/mol. The van der Waals surface area contributed by atoms with E-state index in [1.807, 2.05) is 6.08 Å². The summed E-state index contributed by atoms with van der Waals surface area (Å²) in [5.41, 5.74) is 5.81. The van der Waals surface area contributed by atoms with E-state index in [9.17, 15) is 0 Å². The lowest BCUT2D eigenvalue weighted by Gasteiger charge is -1.95. The van der Waals surface area contributed by atoms with Crippen LogP contribution in [0.4, 0.5) is 0 Å². The van der Waals surface area contributed by atoms with E-state index in [4.69, 9.17) is 0 Å². The topological polar surface area (TPSA) is 0 Å². The van der Waals surface area contributed by atoms with Gasteiger partial charge in [0.1, 0.15) is 0 Å². The van der Waals surface area contributed by atoms with Crippen LogP contribution in [-0.4, -0.2) is 0 Å². The van der Waals surface area contributed by atoms with Crippen LogP contribution >= 0.6 is 0 Å². The molecule has 0 bridgehead atoms. The molecule has 68 valence electrons. The third-order valence-corrected chi connectivity index (χ3v) is 1.90. The summed E-state index contributed by atoms with van der Waals surface area (Å²) in [5.74, 6) is 0. The Morgan fingerprint density at radius 1 is 1.15 bits per heavy atom.